The molecule has 0 aromatic heterocycles. The number of nitrogens with zero attached hydrogens (tertiary/aromatic N) is 1. The van der Waals surface area contributed by atoms with Gasteiger partial charge in [-0.2, -0.15) is 0 Å². The van der Waals surface area contributed by atoms with Crippen LogP contribution < -0.4 is 10.1 Å². The van der Waals surface area contributed by atoms with E-state index in [1.165, 1.54) is 19.1 Å². The summed E-state index contributed by atoms with van der Waals surface area (Å²) in [7, 11) is 1.67. The van der Waals surface area contributed by atoms with Crippen molar-refractivity contribution in [1.82, 2.24) is 10.2 Å². The summed E-state index contributed by atoms with van der Waals surface area (Å²) in [5, 5.41) is 11.8. The molecular formula is C22H26N2O5. The van der Waals surface area contributed by atoms with Gasteiger partial charge in [0.1, 0.15) is 5.75 Å². The highest BCUT2D eigenvalue weighted by molar-refractivity contribution is 5.87. The quantitative estimate of drug-likeness (QED) is 0.677. The Morgan fingerprint density at radius 2 is 1.76 bits per heavy atom. The van der Waals surface area contributed by atoms with Gasteiger partial charge >= 0.3 is 5.97 Å². The predicted octanol–water partition coefficient (Wildman–Crippen LogP) is 3.01. The molecule has 2 rings (SSSR count). The number of rotatable bonds is 9. The van der Waals surface area contributed by atoms with Crippen molar-refractivity contribution in [1.29, 1.82) is 0 Å². The summed E-state index contributed by atoms with van der Waals surface area (Å²) in [4.78, 5) is 37.0. The predicted molar refractivity (Wildman–Crippen MR) is 109 cm³/mol. The zero-order valence-corrected chi connectivity index (χ0v) is 16.8. The second-order valence-electron chi connectivity index (χ2n) is 6.68. The van der Waals surface area contributed by atoms with E-state index in [1.54, 1.807) is 24.1 Å². The zero-order valence-electron chi connectivity index (χ0n) is 16.8. The minimum atomic E-state index is -0.993. The topological polar surface area (TPSA) is 95.9 Å². The molecular weight excluding hydrogens is 372 g/mol. The molecule has 0 heterocycles. The molecule has 2 aromatic rings. The van der Waals surface area contributed by atoms with Crippen LogP contribution in [0.5, 0.6) is 5.75 Å². The molecule has 0 bridgehead atoms. The minimum absolute atomic E-state index is 0.0768. The highest BCUT2D eigenvalue weighted by Gasteiger charge is 2.22. The highest BCUT2D eigenvalue weighted by atomic mass is 16.5. The number of hydrogen-bond donors (Lipinski definition) is 2. The fraction of sp³-hybridized carbons (Fsp3) is 0.318. The average Bonchev–Trinajstić information content (AvgIpc) is 2.68. The largest absolute Gasteiger partial charge is 0.494 e. The summed E-state index contributed by atoms with van der Waals surface area (Å²) in [6.07, 6.45) is 0.0768. The van der Waals surface area contributed by atoms with Crippen molar-refractivity contribution < 1.29 is 24.2 Å². The third kappa shape index (κ3) is 6.34. The number of ether oxygens (including phenoxy) is 1. The maximum absolute atomic E-state index is 12.8. The molecule has 0 aliphatic heterocycles. The molecule has 7 heteroatoms. The monoisotopic (exact) mass is 398 g/mol. The highest BCUT2D eigenvalue weighted by Crippen LogP contribution is 2.28. The van der Waals surface area contributed by atoms with Crippen LogP contribution in [0, 0.1) is 0 Å². The molecule has 1 unspecified atom stereocenters. The van der Waals surface area contributed by atoms with E-state index in [-0.39, 0.29) is 23.8 Å². The van der Waals surface area contributed by atoms with Gasteiger partial charge < -0.3 is 20.1 Å². The fourth-order valence-electron chi connectivity index (χ4n) is 2.98. The number of nitrogens with one attached hydrogen (secondary N) is 1. The Bertz CT molecular complexity index is 864. The number of aromatic carboxylic acids is 1. The molecule has 2 aromatic carbocycles. The molecule has 0 saturated heterocycles. The Morgan fingerprint density at radius 1 is 1.10 bits per heavy atom. The minimum Gasteiger partial charge on any atom is -0.494 e. The molecule has 0 fully saturated rings. The number of carboxylic acid groups (broad SMARTS) is 1. The van der Waals surface area contributed by atoms with Gasteiger partial charge in [-0.15, -0.1) is 0 Å². The van der Waals surface area contributed by atoms with E-state index in [1.807, 2.05) is 31.2 Å². The van der Waals surface area contributed by atoms with Gasteiger partial charge in [0, 0.05) is 26.1 Å². The Hall–Kier alpha value is -3.35. The van der Waals surface area contributed by atoms with Gasteiger partial charge in [-0.25, -0.2) is 4.79 Å². The first-order valence-electron chi connectivity index (χ1n) is 9.36. The number of hydrogen-bond acceptors (Lipinski definition) is 4. The summed E-state index contributed by atoms with van der Waals surface area (Å²) in [5.74, 6) is -0.751. The normalized spacial score (nSPS) is 11.4. The number of carboxylic acids is 1. The van der Waals surface area contributed by atoms with E-state index in [0.717, 1.165) is 11.1 Å². The maximum atomic E-state index is 12.8. The van der Waals surface area contributed by atoms with Crippen LogP contribution in [0.4, 0.5) is 0 Å². The lowest BCUT2D eigenvalue weighted by molar-refractivity contribution is -0.131. The van der Waals surface area contributed by atoms with Gasteiger partial charge in [0.25, 0.3) is 0 Å². The van der Waals surface area contributed by atoms with Crippen LogP contribution >= 0.6 is 0 Å². The van der Waals surface area contributed by atoms with Gasteiger partial charge in [0.15, 0.2) is 0 Å². The fourth-order valence-corrected chi connectivity index (χ4v) is 2.98. The second-order valence-corrected chi connectivity index (χ2v) is 6.68. The van der Waals surface area contributed by atoms with Crippen molar-refractivity contribution in [3.63, 3.8) is 0 Å². The Balaban J connectivity index is 2.13. The van der Waals surface area contributed by atoms with E-state index >= 15 is 0 Å². The second kappa shape index (κ2) is 10.3. The summed E-state index contributed by atoms with van der Waals surface area (Å²) in [5.41, 5.74) is 1.76. The van der Waals surface area contributed by atoms with Crippen molar-refractivity contribution in [2.45, 2.75) is 32.9 Å². The van der Waals surface area contributed by atoms with E-state index in [9.17, 15) is 14.4 Å². The molecule has 7 nitrogen and oxygen atoms in total. The Labute approximate surface area is 170 Å². The maximum Gasteiger partial charge on any atom is 0.335 e. The third-order valence-electron chi connectivity index (χ3n) is 4.40. The first-order chi connectivity index (χ1) is 13.8. The van der Waals surface area contributed by atoms with Crippen LogP contribution in [-0.2, 0) is 16.1 Å². The van der Waals surface area contributed by atoms with Crippen LogP contribution in [0.25, 0.3) is 0 Å². The lowest BCUT2D eigenvalue weighted by atomic mass is 10.0. The molecule has 0 spiro atoms. The summed E-state index contributed by atoms with van der Waals surface area (Å²) < 4.78 is 5.64. The van der Waals surface area contributed by atoms with Crippen LogP contribution in [0.3, 0.4) is 0 Å². The van der Waals surface area contributed by atoms with Gasteiger partial charge in [0.2, 0.25) is 11.8 Å². The summed E-state index contributed by atoms with van der Waals surface area (Å²) in [6, 6.07) is 13.2. The average molecular weight is 398 g/mol. The number of carbonyl (C=O) groups is 3. The van der Waals surface area contributed by atoms with Crippen LogP contribution in [0.1, 0.15) is 47.8 Å². The summed E-state index contributed by atoms with van der Waals surface area (Å²) >= 11 is 0. The smallest absolute Gasteiger partial charge is 0.335 e. The number of amides is 2. The van der Waals surface area contributed by atoms with Gasteiger partial charge in [0.05, 0.1) is 24.6 Å². The van der Waals surface area contributed by atoms with Crippen molar-refractivity contribution in [3.05, 3.63) is 65.2 Å². The van der Waals surface area contributed by atoms with E-state index in [4.69, 9.17) is 9.84 Å². The summed E-state index contributed by atoms with van der Waals surface area (Å²) in [6.45, 7) is 4.09. The van der Waals surface area contributed by atoms with E-state index < -0.39 is 12.0 Å². The van der Waals surface area contributed by atoms with E-state index in [2.05, 4.69) is 5.32 Å². The molecule has 0 radical (unpaired) electrons. The van der Waals surface area contributed by atoms with Crippen molar-refractivity contribution in [3.8, 4) is 5.75 Å². The van der Waals surface area contributed by atoms with Crippen molar-refractivity contribution in [2.24, 2.45) is 0 Å². The number of para-hydroxylation sites is 1. The molecule has 0 aliphatic rings. The first-order valence-corrected chi connectivity index (χ1v) is 9.36. The molecule has 2 N–H and O–H groups in total. The SMILES string of the molecule is CCOc1ccccc1C(CC(=O)N(C)Cc1ccc(C(=O)O)cc1)NC(C)=O. The zero-order chi connectivity index (χ0) is 21.4. The third-order valence-corrected chi connectivity index (χ3v) is 4.40. The van der Waals surface area contributed by atoms with E-state index in [0.29, 0.717) is 18.9 Å². The lowest BCUT2D eigenvalue weighted by Gasteiger charge is -2.24. The number of carbonyl (C=O) groups excluding carboxylic acids is 2. The molecule has 0 aliphatic carbocycles. The van der Waals surface area contributed by atoms with Gasteiger partial charge in [-0.3, -0.25) is 9.59 Å². The molecule has 1 atom stereocenters. The molecule has 154 valence electrons. The molecule has 0 saturated carbocycles. The van der Waals surface area contributed by atoms with Gasteiger partial charge in [-0.1, -0.05) is 30.3 Å². The van der Waals surface area contributed by atoms with Crippen LogP contribution in [0.2, 0.25) is 0 Å². The van der Waals surface area contributed by atoms with Crippen molar-refractivity contribution in [2.75, 3.05) is 13.7 Å². The van der Waals surface area contributed by atoms with Crippen LogP contribution in [-0.4, -0.2) is 41.4 Å². The Morgan fingerprint density at radius 3 is 2.34 bits per heavy atom. The standard InChI is InChI=1S/C22H26N2O5/c1-4-29-20-8-6-5-7-18(20)19(23-15(2)25)13-21(26)24(3)14-16-9-11-17(12-10-16)22(27)28/h5-12,19H,4,13-14H2,1-3H3,(H,23,25)(H,27,28). The molecule has 2 amide bonds. The Kier molecular flexibility index (Phi) is 7.77. The van der Waals surface area contributed by atoms with Gasteiger partial charge in [-0.05, 0) is 30.7 Å². The molecule has 29 heavy (non-hydrogen) atoms. The first kappa shape index (κ1) is 21.9. The number of benzene rings is 2. The van der Waals surface area contributed by atoms with Crippen LogP contribution in [0.15, 0.2) is 48.5 Å². The lowest BCUT2D eigenvalue weighted by Crippen LogP contribution is -2.33. The van der Waals surface area contributed by atoms with Crippen molar-refractivity contribution >= 4 is 17.8 Å².